The lowest BCUT2D eigenvalue weighted by Gasteiger charge is -2.38. The molecule has 0 spiro atoms. The summed E-state index contributed by atoms with van der Waals surface area (Å²) in [7, 11) is 1.95. The summed E-state index contributed by atoms with van der Waals surface area (Å²) in [5.41, 5.74) is 2.09. The van der Waals surface area contributed by atoms with Crippen LogP contribution < -0.4 is 5.32 Å². The number of guanidine groups is 1. The third-order valence-electron chi connectivity index (χ3n) is 5.64. The maximum absolute atomic E-state index is 13.4. The molecule has 3 aromatic rings. The Balaban J connectivity index is 0.00000306. The van der Waals surface area contributed by atoms with E-state index < -0.39 is 0 Å². The minimum absolute atomic E-state index is 0. The van der Waals surface area contributed by atoms with Gasteiger partial charge in [-0.25, -0.2) is 9.38 Å². The predicted molar refractivity (Wildman–Crippen MR) is 137 cm³/mol. The van der Waals surface area contributed by atoms with Gasteiger partial charge in [0.05, 0.1) is 25.7 Å². The third kappa shape index (κ3) is 6.50. The Morgan fingerprint density at radius 2 is 1.85 bits per heavy atom. The first-order valence-corrected chi connectivity index (χ1v) is 10.8. The monoisotopic (exact) mass is 564 g/mol. The number of rotatable bonds is 5. The van der Waals surface area contributed by atoms with E-state index >= 15 is 0 Å². The molecule has 7 nitrogen and oxygen atoms in total. The van der Waals surface area contributed by atoms with Gasteiger partial charge in [-0.15, -0.1) is 34.2 Å². The van der Waals surface area contributed by atoms with Crippen molar-refractivity contribution in [3.63, 3.8) is 0 Å². The van der Waals surface area contributed by atoms with Crippen molar-refractivity contribution in [2.24, 2.45) is 12.0 Å². The van der Waals surface area contributed by atoms with Gasteiger partial charge in [0.2, 0.25) is 0 Å². The lowest BCUT2D eigenvalue weighted by atomic mass is 10.1. The average molecular weight is 564 g/mol. The number of hydrogen-bond donors (Lipinski definition) is 1. The minimum Gasteiger partial charge on any atom is -0.367 e. The number of aryl methyl sites for hydroxylation is 1. The van der Waals surface area contributed by atoms with Crippen molar-refractivity contribution < 1.29 is 9.13 Å². The first-order chi connectivity index (χ1) is 15.5. The zero-order chi connectivity index (χ0) is 22.5. The molecular formula is C24H30FIN6O. The van der Waals surface area contributed by atoms with Crippen molar-refractivity contribution in [2.75, 3.05) is 13.1 Å². The van der Waals surface area contributed by atoms with Crippen molar-refractivity contribution in [3.05, 3.63) is 83.2 Å². The Hall–Kier alpha value is -2.53. The number of nitrogens with one attached hydrogen (secondary N) is 1. The van der Waals surface area contributed by atoms with Crippen LogP contribution >= 0.6 is 24.0 Å². The highest BCUT2D eigenvalue weighted by atomic mass is 127. The predicted octanol–water partition coefficient (Wildman–Crippen LogP) is 3.99. The molecule has 1 aromatic heterocycles. The summed E-state index contributed by atoms with van der Waals surface area (Å²) in [5, 5.41) is 11.9. The zero-order valence-electron chi connectivity index (χ0n) is 19.1. The smallest absolute Gasteiger partial charge is 0.194 e. The molecule has 0 bridgehead atoms. The lowest BCUT2D eigenvalue weighted by molar-refractivity contribution is -0.0605. The normalized spacial score (nSPS) is 18.7. The highest BCUT2D eigenvalue weighted by molar-refractivity contribution is 14.0. The van der Waals surface area contributed by atoms with E-state index in [1.165, 1.54) is 12.1 Å². The van der Waals surface area contributed by atoms with E-state index in [-0.39, 0.29) is 42.0 Å². The minimum atomic E-state index is -0.250. The SMILES string of the molecule is Cc1nnc(CNC(=NCc2ccccc2)N2CC(C)OC(c3ccc(F)cc3)C2)n1C.I. The van der Waals surface area contributed by atoms with Gasteiger partial charge in [-0.05, 0) is 37.1 Å². The second-order valence-corrected chi connectivity index (χ2v) is 8.09. The standard InChI is InChI=1S/C24H29FN6O.HI/c1-17-15-31(16-22(32-17)20-9-11-21(25)12-10-20)24(26-13-19-7-5-4-6-8-19)27-14-23-29-28-18(2)30(23)3;/h4-12,17,22H,13-16H2,1-3H3,(H,26,27);1H. The van der Waals surface area contributed by atoms with Gasteiger partial charge >= 0.3 is 0 Å². The zero-order valence-corrected chi connectivity index (χ0v) is 21.4. The summed E-state index contributed by atoms with van der Waals surface area (Å²) < 4.78 is 21.5. The lowest BCUT2D eigenvalue weighted by Crippen LogP contribution is -2.50. The van der Waals surface area contributed by atoms with Crippen LogP contribution in [0, 0.1) is 12.7 Å². The molecule has 176 valence electrons. The fraction of sp³-hybridized carbons (Fsp3) is 0.375. The molecule has 1 N–H and O–H groups in total. The quantitative estimate of drug-likeness (QED) is 0.289. The number of ether oxygens (including phenoxy) is 1. The van der Waals surface area contributed by atoms with E-state index in [2.05, 4.69) is 32.5 Å². The fourth-order valence-corrected chi connectivity index (χ4v) is 3.77. The number of morpholine rings is 1. The summed E-state index contributed by atoms with van der Waals surface area (Å²) in [4.78, 5) is 7.11. The van der Waals surface area contributed by atoms with Crippen LogP contribution in [0.5, 0.6) is 0 Å². The number of benzene rings is 2. The molecule has 1 aliphatic rings. The summed E-state index contributed by atoms with van der Waals surface area (Å²) in [6.07, 6.45) is -0.167. The molecule has 0 amide bonds. The summed E-state index contributed by atoms with van der Waals surface area (Å²) in [5.74, 6) is 2.24. The van der Waals surface area contributed by atoms with Gasteiger partial charge in [-0.1, -0.05) is 42.5 Å². The molecule has 0 saturated carbocycles. The maximum Gasteiger partial charge on any atom is 0.194 e. The molecule has 1 saturated heterocycles. The van der Waals surface area contributed by atoms with Crippen molar-refractivity contribution in [1.29, 1.82) is 0 Å². The molecule has 2 heterocycles. The van der Waals surface area contributed by atoms with E-state index in [0.717, 1.165) is 28.7 Å². The van der Waals surface area contributed by atoms with E-state index in [4.69, 9.17) is 9.73 Å². The van der Waals surface area contributed by atoms with E-state index in [9.17, 15) is 4.39 Å². The molecule has 2 atom stereocenters. The summed E-state index contributed by atoms with van der Waals surface area (Å²) in [6.45, 7) is 6.37. The van der Waals surface area contributed by atoms with Crippen LogP contribution in [0.15, 0.2) is 59.6 Å². The van der Waals surface area contributed by atoms with E-state index in [1.807, 2.05) is 43.7 Å². The number of hydrogen-bond acceptors (Lipinski definition) is 4. The van der Waals surface area contributed by atoms with Crippen LogP contribution in [0.1, 0.15) is 35.8 Å². The van der Waals surface area contributed by atoms with Crippen LogP contribution in [-0.2, 0) is 24.9 Å². The topological polar surface area (TPSA) is 67.6 Å². The molecular weight excluding hydrogens is 534 g/mol. The molecule has 1 aliphatic heterocycles. The Kier molecular flexibility index (Phi) is 8.79. The van der Waals surface area contributed by atoms with E-state index in [1.54, 1.807) is 12.1 Å². The third-order valence-corrected chi connectivity index (χ3v) is 5.64. The second-order valence-electron chi connectivity index (χ2n) is 8.09. The maximum atomic E-state index is 13.4. The number of halogens is 2. The van der Waals surface area contributed by atoms with Gasteiger partial charge in [-0.3, -0.25) is 0 Å². The van der Waals surface area contributed by atoms with Gasteiger partial charge in [-0.2, -0.15) is 0 Å². The second kappa shape index (κ2) is 11.6. The summed E-state index contributed by atoms with van der Waals surface area (Å²) >= 11 is 0. The van der Waals surface area contributed by atoms with Gasteiger partial charge < -0.3 is 19.5 Å². The average Bonchev–Trinajstić information content (AvgIpc) is 3.12. The van der Waals surface area contributed by atoms with Crippen LogP contribution in [-0.4, -0.2) is 44.8 Å². The highest BCUT2D eigenvalue weighted by Crippen LogP contribution is 2.25. The molecule has 0 radical (unpaired) electrons. The molecule has 0 aliphatic carbocycles. The van der Waals surface area contributed by atoms with Crippen molar-refractivity contribution in [2.45, 2.75) is 39.1 Å². The van der Waals surface area contributed by atoms with Gasteiger partial charge in [0.25, 0.3) is 0 Å². The fourth-order valence-electron chi connectivity index (χ4n) is 3.77. The molecule has 2 aromatic carbocycles. The Bertz CT molecular complexity index is 1060. The Labute approximate surface area is 211 Å². The van der Waals surface area contributed by atoms with E-state index in [0.29, 0.717) is 26.2 Å². The Morgan fingerprint density at radius 3 is 2.52 bits per heavy atom. The largest absolute Gasteiger partial charge is 0.367 e. The number of nitrogens with zero attached hydrogens (tertiary/aromatic N) is 5. The molecule has 2 unspecified atom stereocenters. The van der Waals surface area contributed by atoms with Crippen LogP contribution in [0.4, 0.5) is 4.39 Å². The van der Waals surface area contributed by atoms with Gasteiger partial charge in [0.1, 0.15) is 17.7 Å². The first-order valence-electron chi connectivity index (χ1n) is 10.8. The summed E-state index contributed by atoms with van der Waals surface area (Å²) in [6, 6.07) is 16.7. The first kappa shape index (κ1) is 25.1. The van der Waals surface area contributed by atoms with Crippen LogP contribution in [0.3, 0.4) is 0 Å². The highest BCUT2D eigenvalue weighted by Gasteiger charge is 2.28. The van der Waals surface area contributed by atoms with Gasteiger partial charge in [0, 0.05) is 13.6 Å². The van der Waals surface area contributed by atoms with Crippen LogP contribution in [0.2, 0.25) is 0 Å². The van der Waals surface area contributed by atoms with Crippen molar-refractivity contribution >= 4 is 29.9 Å². The number of aliphatic imine (C=N–C) groups is 1. The molecule has 1 fully saturated rings. The Morgan fingerprint density at radius 1 is 1.12 bits per heavy atom. The van der Waals surface area contributed by atoms with Crippen LogP contribution in [0.25, 0.3) is 0 Å². The van der Waals surface area contributed by atoms with Crippen molar-refractivity contribution in [3.8, 4) is 0 Å². The van der Waals surface area contributed by atoms with Gasteiger partial charge in [0.15, 0.2) is 11.8 Å². The van der Waals surface area contributed by atoms with Crippen molar-refractivity contribution in [1.82, 2.24) is 25.0 Å². The molecule has 4 rings (SSSR count). The number of aromatic nitrogens is 3. The molecule has 9 heteroatoms. The molecule has 33 heavy (non-hydrogen) atoms.